The first kappa shape index (κ1) is 13.9. The first-order valence-corrected chi connectivity index (χ1v) is 5.58. The lowest BCUT2D eigenvalue weighted by Gasteiger charge is -2.12. The van der Waals surface area contributed by atoms with E-state index in [1.165, 1.54) is 0 Å². The van der Waals surface area contributed by atoms with Crippen LogP contribution in [-0.2, 0) is 4.79 Å². The van der Waals surface area contributed by atoms with Gasteiger partial charge in [0, 0.05) is 6.54 Å². The summed E-state index contributed by atoms with van der Waals surface area (Å²) in [5, 5.41) is 14.1. The van der Waals surface area contributed by atoms with Crippen LogP contribution in [0.3, 0.4) is 0 Å². The molecule has 0 heterocycles. The number of nitrogens with one attached hydrogen (secondary N) is 2. The van der Waals surface area contributed by atoms with Crippen LogP contribution in [0.4, 0.5) is 0 Å². The summed E-state index contributed by atoms with van der Waals surface area (Å²) in [6.45, 7) is 5.99. The Morgan fingerprint density at radius 3 is 2.60 bits per heavy atom. The molecule has 0 unspecified atom stereocenters. The molecule has 0 fully saturated rings. The van der Waals surface area contributed by atoms with Crippen LogP contribution in [0.2, 0.25) is 0 Å². The van der Waals surface area contributed by atoms with E-state index >= 15 is 0 Å². The predicted molar refractivity (Wildman–Crippen MR) is 60.2 cm³/mol. The van der Waals surface area contributed by atoms with Gasteiger partial charge in [-0.2, -0.15) is 5.26 Å². The molecule has 0 saturated heterocycles. The largest absolute Gasteiger partial charge is 0.354 e. The van der Waals surface area contributed by atoms with E-state index in [0.29, 0.717) is 25.4 Å². The minimum atomic E-state index is -0.0313. The van der Waals surface area contributed by atoms with Gasteiger partial charge in [-0.05, 0) is 12.5 Å². The highest BCUT2D eigenvalue weighted by atomic mass is 16.1. The quantitative estimate of drug-likeness (QED) is 0.590. The van der Waals surface area contributed by atoms with Crippen LogP contribution in [0.1, 0.15) is 33.1 Å². The van der Waals surface area contributed by atoms with Crippen molar-refractivity contribution in [1.29, 1.82) is 5.26 Å². The van der Waals surface area contributed by atoms with Crippen molar-refractivity contribution < 1.29 is 4.79 Å². The fourth-order valence-corrected chi connectivity index (χ4v) is 1.29. The van der Waals surface area contributed by atoms with Gasteiger partial charge in [-0.25, -0.2) is 0 Å². The first-order chi connectivity index (χ1) is 7.24. The van der Waals surface area contributed by atoms with Gasteiger partial charge in [0.1, 0.15) is 0 Å². The smallest absolute Gasteiger partial charge is 0.233 e. The maximum Gasteiger partial charge on any atom is 0.233 e. The molecule has 1 amide bonds. The number of hydrogen-bond donors (Lipinski definition) is 2. The molecular weight excluding hydrogens is 190 g/mol. The average Bonchev–Trinajstić information content (AvgIpc) is 2.25. The highest BCUT2D eigenvalue weighted by Crippen LogP contribution is 2.04. The lowest BCUT2D eigenvalue weighted by Crippen LogP contribution is -2.36. The minimum absolute atomic E-state index is 0.0313. The summed E-state index contributed by atoms with van der Waals surface area (Å²) in [5.41, 5.74) is 0. The van der Waals surface area contributed by atoms with Crippen molar-refractivity contribution in [2.45, 2.75) is 33.1 Å². The Morgan fingerprint density at radius 2 is 2.07 bits per heavy atom. The Bertz CT molecular complexity index is 206. The van der Waals surface area contributed by atoms with E-state index in [4.69, 9.17) is 5.26 Å². The molecule has 15 heavy (non-hydrogen) atoms. The topological polar surface area (TPSA) is 64.9 Å². The molecule has 0 atom stereocenters. The van der Waals surface area contributed by atoms with E-state index < -0.39 is 0 Å². The molecule has 0 radical (unpaired) electrons. The number of carbonyl (C=O) groups excluding carboxylic acids is 1. The van der Waals surface area contributed by atoms with Gasteiger partial charge >= 0.3 is 0 Å². The van der Waals surface area contributed by atoms with Crippen LogP contribution in [0.15, 0.2) is 0 Å². The standard InChI is InChI=1S/C11H21N3O/c1-3-10(4-2)8-13-9-11(15)14-7-5-6-12/h10,13H,3-5,7-9H2,1-2H3,(H,14,15). The van der Waals surface area contributed by atoms with Crippen molar-refractivity contribution in [3.8, 4) is 6.07 Å². The first-order valence-electron chi connectivity index (χ1n) is 5.58. The second-order valence-corrected chi connectivity index (χ2v) is 3.57. The lowest BCUT2D eigenvalue weighted by atomic mass is 10.0. The van der Waals surface area contributed by atoms with E-state index in [2.05, 4.69) is 24.5 Å². The Labute approximate surface area is 92.0 Å². The summed E-state index contributed by atoms with van der Waals surface area (Å²) in [6.07, 6.45) is 2.65. The van der Waals surface area contributed by atoms with Gasteiger partial charge in [0.15, 0.2) is 0 Å². The molecule has 0 rings (SSSR count). The zero-order valence-corrected chi connectivity index (χ0v) is 9.68. The van der Waals surface area contributed by atoms with E-state index in [0.717, 1.165) is 19.4 Å². The molecule has 4 nitrogen and oxygen atoms in total. The van der Waals surface area contributed by atoms with Crippen molar-refractivity contribution in [2.24, 2.45) is 5.92 Å². The average molecular weight is 211 g/mol. The van der Waals surface area contributed by atoms with Crippen molar-refractivity contribution in [3.63, 3.8) is 0 Å². The number of amides is 1. The molecule has 0 saturated carbocycles. The molecule has 0 spiro atoms. The summed E-state index contributed by atoms with van der Waals surface area (Å²) in [5.74, 6) is 0.619. The van der Waals surface area contributed by atoms with Crippen LogP contribution >= 0.6 is 0 Å². The molecule has 0 aromatic carbocycles. The van der Waals surface area contributed by atoms with Crippen LogP contribution < -0.4 is 10.6 Å². The number of nitrogens with zero attached hydrogens (tertiary/aromatic N) is 1. The molecule has 0 aromatic heterocycles. The van der Waals surface area contributed by atoms with E-state index in [9.17, 15) is 4.79 Å². The van der Waals surface area contributed by atoms with Gasteiger partial charge in [-0.15, -0.1) is 0 Å². The van der Waals surface area contributed by atoms with Crippen molar-refractivity contribution in [3.05, 3.63) is 0 Å². The van der Waals surface area contributed by atoms with E-state index in [1.54, 1.807) is 0 Å². The van der Waals surface area contributed by atoms with Crippen LogP contribution in [0.5, 0.6) is 0 Å². The molecule has 0 aliphatic heterocycles. The second kappa shape index (κ2) is 9.47. The fraction of sp³-hybridized carbons (Fsp3) is 0.818. The predicted octanol–water partition coefficient (Wildman–Crippen LogP) is 1.04. The summed E-state index contributed by atoms with van der Waals surface area (Å²) >= 11 is 0. The number of hydrogen-bond acceptors (Lipinski definition) is 3. The zero-order chi connectivity index (χ0) is 11.5. The van der Waals surface area contributed by atoms with Crippen molar-refractivity contribution in [1.82, 2.24) is 10.6 Å². The molecular formula is C11H21N3O. The molecule has 2 N–H and O–H groups in total. The molecule has 86 valence electrons. The fourth-order valence-electron chi connectivity index (χ4n) is 1.29. The normalized spacial score (nSPS) is 10.0. The van der Waals surface area contributed by atoms with Crippen LogP contribution in [0, 0.1) is 17.2 Å². The molecule has 0 aliphatic carbocycles. The van der Waals surface area contributed by atoms with Gasteiger partial charge in [0.25, 0.3) is 0 Å². The minimum Gasteiger partial charge on any atom is -0.354 e. The third kappa shape index (κ3) is 7.95. The summed E-state index contributed by atoms with van der Waals surface area (Å²) in [6, 6.07) is 1.98. The van der Waals surface area contributed by atoms with E-state index in [-0.39, 0.29) is 5.91 Å². The van der Waals surface area contributed by atoms with Crippen molar-refractivity contribution >= 4 is 5.91 Å². The van der Waals surface area contributed by atoms with Gasteiger partial charge in [0.05, 0.1) is 19.0 Å². The number of nitriles is 1. The van der Waals surface area contributed by atoms with Gasteiger partial charge in [-0.3, -0.25) is 4.79 Å². The Kier molecular flexibility index (Phi) is 8.79. The Balaban J connectivity index is 3.42. The zero-order valence-electron chi connectivity index (χ0n) is 9.68. The van der Waals surface area contributed by atoms with Crippen LogP contribution in [0.25, 0.3) is 0 Å². The molecule has 0 bridgehead atoms. The summed E-state index contributed by atoms with van der Waals surface area (Å²) < 4.78 is 0. The third-order valence-electron chi connectivity index (χ3n) is 2.43. The molecule has 4 heteroatoms. The van der Waals surface area contributed by atoms with Crippen molar-refractivity contribution in [2.75, 3.05) is 19.6 Å². The van der Waals surface area contributed by atoms with Gasteiger partial charge in [-0.1, -0.05) is 26.7 Å². The maximum absolute atomic E-state index is 11.2. The second-order valence-electron chi connectivity index (χ2n) is 3.57. The summed E-state index contributed by atoms with van der Waals surface area (Å²) in [4.78, 5) is 11.2. The SMILES string of the molecule is CCC(CC)CNCC(=O)NCCC#N. The van der Waals surface area contributed by atoms with Gasteiger partial charge in [0.2, 0.25) is 5.91 Å². The monoisotopic (exact) mass is 211 g/mol. The Hall–Kier alpha value is -1.08. The molecule has 0 aliphatic rings. The highest BCUT2D eigenvalue weighted by Gasteiger charge is 2.04. The molecule has 0 aromatic rings. The highest BCUT2D eigenvalue weighted by molar-refractivity contribution is 5.77. The summed E-state index contributed by atoms with van der Waals surface area (Å²) in [7, 11) is 0. The maximum atomic E-state index is 11.2. The third-order valence-corrected chi connectivity index (χ3v) is 2.43. The number of rotatable bonds is 8. The van der Waals surface area contributed by atoms with Gasteiger partial charge < -0.3 is 10.6 Å². The Morgan fingerprint density at radius 1 is 1.40 bits per heavy atom. The van der Waals surface area contributed by atoms with E-state index in [1.807, 2.05) is 6.07 Å². The lowest BCUT2D eigenvalue weighted by molar-refractivity contribution is -0.120. The van der Waals surface area contributed by atoms with Crippen LogP contribution in [-0.4, -0.2) is 25.5 Å². The number of carbonyl (C=O) groups is 1.